The molecule has 1 unspecified atom stereocenters. The number of aryl methyl sites for hydroxylation is 3. The van der Waals surface area contributed by atoms with Crippen molar-refractivity contribution in [2.45, 2.75) is 40.2 Å². The highest BCUT2D eigenvalue weighted by Crippen LogP contribution is 2.34. The van der Waals surface area contributed by atoms with Gasteiger partial charge in [0.05, 0.1) is 4.92 Å². The summed E-state index contributed by atoms with van der Waals surface area (Å²) in [5.74, 6) is 2.19. The molecule has 1 aromatic carbocycles. The molecule has 3 heterocycles. The van der Waals surface area contributed by atoms with Crippen molar-refractivity contribution in [1.82, 2.24) is 19.7 Å². The van der Waals surface area contributed by atoms with Crippen LogP contribution in [0.1, 0.15) is 30.2 Å². The molecule has 146 valence electrons. The molecule has 8 heteroatoms. The summed E-state index contributed by atoms with van der Waals surface area (Å²) in [5, 5.41) is 16.8. The third kappa shape index (κ3) is 3.42. The van der Waals surface area contributed by atoms with Crippen molar-refractivity contribution in [1.29, 1.82) is 0 Å². The molecule has 0 radical (unpaired) electrons. The van der Waals surface area contributed by atoms with E-state index in [-0.39, 0.29) is 10.6 Å². The number of fused-ring (bicyclic) bond motifs is 1. The molecule has 0 amide bonds. The van der Waals surface area contributed by atoms with E-state index in [1.807, 2.05) is 37.6 Å². The minimum atomic E-state index is -0.354. The average molecular weight is 380 g/mol. The van der Waals surface area contributed by atoms with Crippen molar-refractivity contribution in [3.8, 4) is 0 Å². The Hall–Kier alpha value is -3.03. The summed E-state index contributed by atoms with van der Waals surface area (Å²) in [6.45, 7) is 8.45. The van der Waals surface area contributed by atoms with Crippen LogP contribution in [0, 0.1) is 36.8 Å². The molecule has 4 rings (SSSR count). The topological polar surface area (TPSA) is 90.0 Å². The number of pyridine rings is 1. The lowest BCUT2D eigenvalue weighted by Gasteiger charge is -2.35. The number of nitrogens with zero attached hydrogens (tertiary/aromatic N) is 6. The molecule has 0 spiro atoms. The molecule has 0 saturated carbocycles. The Morgan fingerprint density at radius 1 is 1.25 bits per heavy atom. The second-order valence-electron chi connectivity index (χ2n) is 7.56. The van der Waals surface area contributed by atoms with Crippen molar-refractivity contribution in [2.24, 2.45) is 5.92 Å². The highest BCUT2D eigenvalue weighted by molar-refractivity contribution is 5.97. The summed E-state index contributed by atoms with van der Waals surface area (Å²) >= 11 is 0. The van der Waals surface area contributed by atoms with Gasteiger partial charge in [0, 0.05) is 42.5 Å². The van der Waals surface area contributed by atoms with E-state index in [0.717, 1.165) is 60.9 Å². The maximum atomic E-state index is 11.4. The molecule has 0 N–H and O–H groups in total. The third-order valence-electron chi connectivity index (χ3n) is 5.37. The first kappa shape index (κ1) is 18.3. The fourth-order valence-electron chi connectivity index (χ4n) is 4.16. The first-order valence-corrected chi connectivity index (χ1v) is 9.60. The number of non-ortho nitro benzene ring substituents is 1. The minimum Gasteiger partial charge on any atom is -0.371 e. The number of para-hydroxylation sites is 1. The van der Waals surface area contributed by atoms with Crippen molar-refractivity contribution >= 4 is 22.3 Å². The monoisotopic (exact) mass is 380 g/mol. The number of hydrogen-bond donors (Lipinski definition) is 0. The molecule has 8 nitrogen and oxygen atoms in total. The fourth-order valence-corrected chi connectivity index (χ4v) is 4.16. The second-order valence-corrected chi connectivity index (χ2v) is 7.56. The van der Waals surface area contributed by atoms with Crippen LogP contribution in [0.4, 0.5) is 11.4 Å². The Morgan fingerprint density at radius 2 is 2.07 bits per heavy atom. The first-order valence-electron chi connectivity index (χ1n) is 9.60. The molecule has 1 fully saturated rings. The SMILES string of the molecule is Cc1cc(N2CCCC(Cn3nc(C)nc3C)C2)c2cccc([N+](=O)[O-])c2n1. The van der Waals surface area contributed by atoms with Gasteiger partial charge in [-0.2, -0.15) is 5.10 Å². The summed E-state index contributed by atoms with van der Waals surface area (Å²) in [6.07, 6.45) is 2.21. The van der Waals surface area contributed by atoms with Crippen LogP contribution in [-0.2, 0) is 6.54 Å². The van der Waals surface area contributed by atoms with Gasteiger partial charge in [0.25, 0.3) is 5.69 Å². The molecule has 1 aliphatic heterocycles. The summed E-state index contributed by atoms with van der Waals surface area (Å²) < 4.78 is 1.99. The highest BCUT2D eigenvalue weighted by Gasteiger charge is 2.25. The van der Waals surface area contributed by atoms with E-state index in [2.05, 4.69) is 20.0 Å². The Balaban J connectivity index is 1.66. The largest absolute Gasteiger partial charge is 0.371 e. The Morgan fingerprint density at radius 3 is 2.79 bits per heavy atom. The van der Waals surface area contributed by atoms with Crippen molar-refractivity contribution in [3.05, 3.63) is 51.7 Å². The van der Waals surface area contributed by atoms with E-state index < -0.39 is 0 Å². The Bertz CT molecular complexity index is 1040. The molecule has 0 bridgehead atoms. The zero-order valence-corrected chi connectivity index (χ0v) is 16.4. The van der Waals surface area contributed by atoms with Crippen LogP contribution in [0.3, 0.4) is 0 Å². The van der Waals surface area contributed by atoms with Crippen LogP contribution in [0.2, 0.25) is 0 Å². The summed E-state index contributed by atoms with van der Waals surface area (Å²) in [7, 11) is 0. The maximum absolute atomic E-state index is 11.4. The number of piperidine rings is 1. The number of benzene rings is 1. The normalized spacial score (nSPS) is 17.2. The van der Waals surface area contributed by atoms with Crippen molar-refractivity contribution in [3.63, 3.8) is 0 Å². The predicted molar refractivity (Wildman–Crippen MR) is 108 cm³/mol. The Labute approximate surface area is 163 Å². The van der Waals surface area contributed by atoms with Crippen molar-refractivity contribution < 1.29 is 4.92 Å². The standard InChI is InChI=1S/C20H24N6O2/c1-13-10-19(17-7-4-8-18(26(27)28)20(17)21-13)24-9-5-6-16(11-24)12-25-15(3)22-14(2)23-25/h4,7-8,10,16H,5-6,9,11-12H2,1-3H3. The molecule has 2 aromatic heterocycles. The summed E-state index contributed by atoms with van der Waals surface area (Å²) in [6, 6.07) is 7.23. The molecule has 0 aliphatic carbocycles. The van der Waals surface area contributed by atoms with Gasteiger partial charge >= 0.3 is 0 Å². The fraction of sp³-hybridized carbons (Fsp3) is 0.450. The molecular weight excluding hydrogens is 356 g/mol. The Kier molecular flexibility index (Phi) is 4.70. The average Bonchev–Trinajstić information content (AvgIpc) is 2.97. The highest BCUT2D eigenvalue weighted by atomic mass is 16.6. The number of hydrogen-bond acceptors (Lipinski definition) is 6. The molecule has 3 aromatic rings. The lowest BCUT2D eigenvalue weighted by Crippen LogP contribution is -2.37. The first-order chi connectivity index (χ1) is 13.4. The van der Waals surface area contributed by atoms with Crippen LogP contribution < -0.4 is 4.90 Å². The molecular formula is C20H24N6O2. The maximum Gasteiger partial charge on any atom is 0.295 e. The van der Waals surface area contributed by atoms with Gasteiger partial charge in [0.1, 0.15) is 11.6 Å². The minimum absolute atomic E-state index is 0.0599. The molecule has 1 saturated heterocycles. The molecule has 28 heavy (non-hydrogen) atoms. The van der Waals surface area contributed by atoms with E-state index in [1.165, 1.54) is 6.07 Å². The van der Waals surface area contributed by atoms with Crippen LogP contribution in [-0.4, -0.2) is 37.8 Å². The number of nitro benzene ring substituents is 1. The third-order valence-corrected chi connectivity index (χ3v) is 5.37. The van der Waals surface area contributed by atoms with Crippen LogP contribution >= 0.6 is 0 Å². The molecule has 1 atom stereocenters. The van der Waals surface area contributed by atoms with Crippen LogP contribution in [0.5, 0.6) is 0 Å². The number of aromatic nitrogens is 4. The lowest BCUT2D eigenvalue weighted by atomic mass is 9.96. The van der Waals surface area contributed by atoms with E-state index in [4.69, 9.17) is 0 Å². The predicted octanol–water partition coefficient (Wildman–Crippen LogP) is 3.58. The van der Waals surface area contributed by atoms with Gasteiger partial charge in [-0.05, 0) is 45.6 Å². The second kappa shape index (κ2) is 7.18. The van der Waals surface area contributed by atoms with Gasteiger partial charge in [-0.3, -0.25) is 10.1 Å². The van der Waals surface area contributed by atoms with Gasteiger partial charge in [0.2, 0.25) is 0 Å². The molecule has 1 aliphatic rings. The smallest absolute Gasteiger partial charge is 0.295 e. The summed E-state index contributed by atoms with van der Waals surface area (Å²) in [5.41, 5.74) is 2.35. The van der Waals surface area contributed by atoms with E-state index >= 15 is 0 Å². The van der Waals surface area contributed by atoms with E-state index in [0.29, 0.717) is 11.4 Å². The number of rotatable bonds is 4. The quantitative estimate of drug-likeness (QED) is 0.508. The van der Waals surface area contributed by atoms with Gasteiger partial charge < -0.3 is 4.90 Å². The van der Waals surface area contributed by atoms with E-state index in [9.17, 15) is 10.1 Å². The van der Waals surface area contributed by atoms with Gasteiger partial charge in [-0.15, -0.1) is 0 Å². The van der Waals surface area contributed by atoms with Crippen LogP contribution in [0.25, 0.3) is 10.9 Å². The lowest BCUT2D eigenvalue weighted by molar-refractivity contribution is -0.383. The van der Waals surface area contributed by atoms with Crippen LogP contribution in [0.15, 0.2) is 24.3 Å². The summed E-state index contributed by atoms with van der Waals surface area (Å²) in [4.78, 5) is 22.3. The van der Waals surface area contributed by atoms with Gasteiger partial charge in [0.15, 0.2) is 5.52 Å². The zero-order valence-electron chi connectivity index (χ0n) is 16.4. The number of anilines is 1. The van der Waals surface area contributed by atoms with Gasteiger partial charge in [-0.1, -0.05) is 12.1 Å². The van der Waals surface area contributed by atoms with Gasteiger partial charge in [-0.25, -0.2) is 14.6 Å². The van der Waals surface area contributed by atoms with Crippen molar-refractivity contribution in [2.75, 3.05) is 18.0 Å². The van der Waals surface area contributed by atoms with E-state index in [1.54, 1.807) is 6.07 Å². The number of nitro groups is 1. The zero-order chi connectivity index (χ0) is 19.8.